The predicted octanol–water partition coefficient (Wildman–Crippen LogP) is 6.81. The summed E-state index contributed by atoms with van der Waals surface area (Å²) in [5.74, 6) is 0.746. The number of aromatic nitrogens is 1. The lowest BCUT2D eigenvalue weighted by Crippen LogP contribution is -2.50. The van der Waals surface area contributed by atoms with Crippen LogP contribution in [0.15, 0.2) is 97.1 Å². The molecular weight excluding hydrogens is 536 g/mol. The highest BCUT2D eigenvalue weighted by Gasteiger charge is 2.39. The van der Waals surface area contributed by atoms with Gasteiger partial charge in [0.15, 0.2) is 0 Å². The Morgan fingerprint density at radius 1 is 0.762 bits per heavy atom. The van der Waals surface area contributed by atoms with E-state index in [0.29, 0.717) is 0 Å². The zero-order valence-corrected chi connectivity index (χ0v) is 26.1. The van der Waals surface area contributed by atoms with Gasteiger partial charge in [0.05, 0.1) is 16.7 Å². The molecule has 0 fully saturated rings. The average Bonchev–Trinajstić information content (AvgIpc) is 3.48. The Hall–Kier alpha value is -4.19. The van der Waals surface area contributed by atoms with Gasteiger partial charge in [-0.25, -0.2) is 4.39 Å². The third-order valence-electron chi connectivity index (χ3n) is 8.70. The van der Waals surface area contributed by atoms with Crippen LogP contribution in [-0.2, 0) is 0 Å². The number of quaternary nitrogens is 1. The van der Waals surface area contributed by atoms with Gasteiger partial charge in [0, 0.05) is 16.8 Å². The van der Waals surface area contributed by atoms with Crippen LogP contribution in [0.3, 0.4) is 0 Å². The molecule has 0 bridgehead atoms. The number of nitrogens with zero attached hydrogens (tertiary/aromatic N) is 2. The first-order valence-electron chi connectivity index (χ1n) is 14.6. The first kappa shape index (κ1) is 26.7. The number of hydrogen-bond acceptors (Lipinski definition) is 1. The maximum absolute atomic E-state index is 16.0. The molecule has 0 saturated heterocycles. The van der Waals surface area contributed by atoms with E-state index < -0.39 is 8.07 Å². The highest BCUT2D eigenvalue weighted by Crippen LogP contribution is 2.38. The van der Waals surface area contributed by atoms with Crippen molar-refractivity contribution in [3.8, 4) is 11.4 Å². The maximum Gasteiger partial charge on any atom is 0.213 e. The highest BCUT2D eigenvalue weighted by molar-refractivity contribution is 7.04. The summed E-state index contributed by atoms with van der Waals surface area (Å²) in [6, 6.07) is 33.2. The largest absolute Gasteiger partial charge is 0.314 e. The van der Waals surface area contributed by atoms with Crippen molar-refractivity contribution >= 4 is 57.1 Å². The fourth-order valence-corrected chi connectivity index (χ4v) is 10.7. The van der Waals surface area contributed by atoms with Crippen LogP contribution in [0.2, 0.25) is 13.1 Å². The van der Waals surface area contributed by atoms with Crippen molar-refractivity contribution in [1.29, 1.82) is 0 Å². The van der Waals surface area contributed by atoms with Crippen LogP contribution in [0, 0.1) is 11.7 Å². The molecule has 210 valence electrons. The Balaban J connectivity index is 1.57. The molecule has 5 aromatic carbocycles. The average molecular weight is 572 g/mol. The number of halogens is 1. The highest BCUT2D eigenvalue weighted by atomic mass is 28.3. The molecule has 7 rings (SSSR count). The number of hydroxylamine groups is 3. The first-order chi connectivity index (χ1) is 20.0. The molecule has 0 amide bonds. The fraction of sp³-hybridized carbons (Fsp3) is 0.189. The van der Waals surface area contributed by atoms with Crippen LogP contribution in [0.25, 0.3) is 49.5 Å². The van der Waals surface area contributed by atoms with E-state index in [4.69, 9.17) is 4.84 Å². The Morgan fingerprint density at radius 2 is 1.36 bits per heavy atom. The zero-order valence-electron chi connectivity index (χ0n) is 25.1. The molecule has 0 saturated carbocycles. The summed E-state index contributed by atoms with van der Waals surface area (Å²) in [6.07, 6.45) is 2.40. The number of hydrogen-bond donors (Lipinski definition) is 0. The van der Waals surface area contributed by atoms with E-state index in [1.165, 1.54) is 26.4 Å². The van der Waals surface area contributed by atoms with Crippen LogP contribution in [0.1, 0.15) is 6.92 Å². The van der Waals surface area contributed by atoms with E-state index in [0.717, 1.165) is 38.4 Å². The van der Waals surface area contributed by atoms with Gasteiger partial charge >= 0.3 is 0 Å². The van der Waals surface area contributed by atoms with Crippen molar-refractivity contribution < 1.29 is 13.9 Å². The van der Waals surface area contributed by atoms with Gasteiger partial charge in [-0.2, -0.15) is 0 Å². The second-order valence-electron chi connectivity index (χ2n) is 12.9. The van der Waals surface area contributed by atoms with E-state index >= 15 is 4.39 Å². The van der Waals surface area contributed by atoms with E-state index in [1.54, 1.807) is 12.1 Å². The molecule has 0 spiro atoms. The lowest BCUT2D eigenvalue weighted by molar-refractivity contribution is -1.03. The molecule has 1 heterocycles. The lowest BCUT2D eigenvalue weighted by atomic mass is 10.1. The van der Waals surface area contributed by atoms with Gasteiger partial charge < -0.3 is 9.40 Å². The normalized spacial score (nSPS) is 15.4. The molecular formula is C37H36FN2OSi+. The van der Waals surface area contributed by atoms with E-state index in [2.05, 4.69) is 103 Å². The monoisotopic (exact) mass is 571 g/mol. The van der Waals surface area contributed by atoms with Crippen molar-refractivity contribution in [1.82, 2.24) is 4.57 Å². The number of benzene rings is 5. The Labute approximate surface area is 246 Å². The summed E-state index contributed by atoms with van der Waals surface area (Å²) >= 11 is 0. The smallest absolute Gasteiger partial charge is 0.213 e. The summed E-state index contributed by atoms with van der Waals surface area (Å²) in [4.78, 5) is 6.84. The maximum atomic E-state index is 16.0. The zero-order chi connectivity index (χ0) is 29.4. The van der Waals surface area contributed by atoms with Crippen LogP contribution < -0.4 is 20.5 Å². The van der Waals surface area contributed by atoms with E-state index in [9.17, 15) is 0 Å². The van der Waals surface area contributed by atoms with Crippen LogP contribution in [0.5, 0.6) is 5.75 Å². The molecule has 0 aliphatic heterocycles. The fourth-order valence-electron chi connectivity index (χ4n) is 7.10. The van der Waals surface area contributed by atoms with Gasteiger partial charge in [-0.3, -0.25) is 0 Å². The van der Waals surface area contributed by atoms with Crippen LogP contribution in [-0.4, -0.2) is 38.4 Å². The third-order valence-corrected chi connectivity index (χ3v) is 12.5. The minimum absolute atomic E-state index is 0.240. The van der Waals surface area contributed by atoms with Crippen molar-refractivity contribution in [2.24, 2.45) is 5.92 Å². The lowest BCUT2D eigenvalue weighted by Gasteiger charge is -2.33. The minimum Gasteiger partial charge on any atom is -0.314 e. The Kier molecular flexibility index (Phi) is 5.98. The Bertz CT molecular complexity index is 2120. The molecule has 42 heavy (non-hydrogen) atoms. The van der Waals surface area contributed by atoms with Gasteiger partial charge in [0.1, 0.15) is 35.0 Å². The predicted molar refractivity (Wildman–Crippen MR) is 177 cm³/mol. The molecule has 3 nitrogen and oxygen atoms in total. The van der Waals surface area contributed by atoms with E-state index in [-0.39, 0.29) is 16.4 Å². The SMILES string of the molecule is C[C@@H]1C=c2c(ccc3ccccc23)=C1[Si](C)(C)c1cc(F)cc(-n2c3ccccc3c3ccccc32)c1O[N+](C)(C)C. The number of fused-ring (bicyclic) bond motifs is 6. The van der Waals surface area contributed by atoms with Gasteiger partial charge in [-0.1, -0.05) is 104 Å². The van der Waals surface area contributed by atoms with Gasteiger partial charge in [0.25, 0.3) is 0 Å². The van der Waals surface area contributed by atoms with Crippen molar-refractivity contribution in [3.05, 3.63) is 113 Å². The summed E-state index contributed by atoms with van der Waals surface area (Å²) < 4.78 is 18.4. The Morgan fingerprint density at radius 3 is 2.00 bits per heavy atom. The number of rotatable bonds is 5. The molecule has 0 unspecified atom stereocenters. The summed E-state index contributed by atoms with van der Waals surface area (Å²) in [7, 11) is 3.53. The van der Waals surface area contributed by atoms with Crippen molar-refractivity contribution in [2.75, 3.05) is 21.1 Å². The van der Waals surface area contributed by atoms with Crippen molar-refractivity contribution in [2.45, 2.75) is 20.0 Å². The molecule has 1 aliphatic carbocycles. The molecule has 1 atom stereocenters. The summed E-state index contributed by atoms with van der Waals surface area (Å²) in [5, 5.41) is 9.77. The van der Waals surface area contributed by atoms with Crippen LogP contribution >= 0.6 is 0 Å². The molecule has 6 aromatic rings. The molecule has 0 N–H and O–H groups in total. The second-order valence-corrected chi connectivity index (χ2v) is 17.2. The minimum atomic E-state index is -2.51. The molecule has 0 radical (unpaired) electrons. The summed E-state index contributed by atoms with van der Waals surface area (Å²) in [5.41, 5.74) is 2.81. The number of para-hydroxylation sites is 2. The van der Waals surface area contributed by atoms with Gasteiger partial charge in [0.2, 0.25) is 5.75 Å². The van der Waals surface area contributed by atoms with E-state index in [1.807, 2.05) is 33.3 Å². The van der Waals surface area contributed by atoms with Crippen LogP contribution in [0.4, 0.5) is 4.39 Å². The standard InChI is InChI=1S/C37H36FN2OSi/c1-24-21-31-27-14-8-7-13-25(27)19-20-30(31)37(24)42(5,6)35-23-26(38)22-34(36(35)41-40(2,3)4)39-32-17-11-9-15-28(32)29-16-10-12-18-33(29)39/h7-24H,1-6H3/q+1/t24-/m1/s1. The quantitative estimate of drug-likeness (QED) is 0.126. The van der Waals surface area contributed by atoms with Crippen molar-refractivity contribution in [3.63, 3.8) is 0 Å². The first-order valence-corrected chi connectivity index (χ1v) is 17.6. The molecule has 1 aliphatic rings. The third kappa shape index (κ3) is 4.10. The molecule has 5 heteroatoms. The van der Waals surface area contributed by atoms with Gasteiger partial charge in [-0.05, 0) is 50.5 Å². The second kappa shape index (κ2) is 9.41. The summed E-state index contributed by atoms with van der Waals surface area (Å²) in [6.45, 7) is 6.99. The van der Waals surface area contributed by atoms with Gasteiger partial charge in [-0.15, -0.1) is 4.65 Å². The molecule has 1 aromatic heterocycles. The topological polar surface area (TPSA) is 14.2 Å².